The molecule has 0 aliphatic rings. The van der Waals surface area contributed by atoms with Gasteiger partial charge in [-0.05, 0) is 18.2 Å². The first-order chi connectivity index (χ1) is 16.4. The van der Waals surface area contributed by atoms with Crippen LogP contribution in [0.1, 0.15) is 26.3 Å². The molecule has 176 valence electrons. The van der Waals surface area contributed by atoms with E-state index in [9.17, 15) is 19.2 Å². The van der Waals surface area contributed by atoms with Crippen molar-refractivity contribution in [3.05, 3.63) is 95.6 Å². The highest BCUT2D eigenvalue weighted by atomic mass is 35.5. The summed E-state index contributed by atoms with van der Waals surface area (Å²) in [5.41, 5.74) is 4.99. The number of alkyl halides is 1. The molecule has 2 amide bonds. The zero-order chi connectivity index (χ0) is 25.1. The molecule has 34 heavy (non-hydrogen) atoms. The monoisotopic (exact) mass is 498 g/mol. The van der Waals surface area contributed by atoms with Crippen LogP contribution in [0.4, 0.5) is 11.4 Å². The minimum atomic E-state index is -0.872. The standard InChI is InChI=1S/C24H21N3O4S.CH3Cl/c25-19(14-32)23(30)26-17-11-12-20(18(13-17)21(28)15-7-3-1-4-8-15)27-24(31)22(29)16-9-5-2-6-10-16;1-2/h1-13,19,32H,14,25H2,(H,26,30)(H,27,31);1H3/p+1. The van der Waals surface area contributed by atoms with E-state index in [1.807, 2.05) is 0 Å². The number of carbonyl (C=O) groups is 4. The van der Waals surface area contributed by atoms with Crippen LogP contribution < -0.4 is 16.4 Å². The van der Waals surface area contributed by atoms with Crippen molar-refractivity contribution in [3.8, 4) is 0 Å². The average Bonchev–Trinajstić information content (AvgIpc) is 2.90. The van der Waals surface area contributed by atoms with Gasteiger partial charge in [-0.2, -0.15) is 12.6 Å². The van der Waals surface area contributed by atoms with Gasteiger partial charge in [-0.3, -0.25) is 19.2 Å². The second-order valence-corrected chi connectivity index (χ2v) is 7.34. The average molecular weight is 499 g/mol. The molecule has 3 aromatic rings. The number of anilines is 2. The van der Waals surface area contributed by atoms with E-state index in [0.717, 1.165) is 0 Å². The maximum atomic E-state index is 13.1. The predicted octanol–water partition coefficient (Wildman–Crippen LogP) is 3.07. The molecule has 1 atom stereocenters. The number of quaternary nitrogens is 1. The maximum Gasteiger partial charge on any atom is 0.296 e. The van der Waals surface area contributed by atoms with Crippen molar-refractivity contribution in [1.82, 2.24) is 0 Å². The van der Waals surface area contributed by atoms with E-state index in [1.165, 1.54) is 36.7 Å². The number of rotatable bonds is 8. The number of nitrogens with one attached hydrogen (secondary N) is 2. The van der Waals surface area contributed by atoms with Gasteiger partial charge in [0.25, 0.3) is 17.6 Å². The second kappa shape index (κ2) is 13.3. The fourth-order valence-corrected chi connectivity index (χ4v) is 3.06. The smallest absolute Gasteiger partial charge is 0.296 e. The number of Topliss-reactive ketones (excluding diaryl/α,β-unsaturated/α-hetero) is 1. The number of ketones is 2. The zero-order valence-electron chi connectivity index (χ0n) is 18.5. The van der Waals surface area contributed by atoms with E-state index in [0.29, 0.717) is 11.3 Å². The molecule has 5 N–H and O–H groups in total. The summed E-state index contributed by atoms with van der Waals surface area (Å²) in [5.74, 6) is -2.06. The summed E-state index contributed by atoms with van der Waals surface area (Å²) in [7, 11) is 0. The highest BCUT2D eigenvalue weighted by Crippen LogP contribution is 2.24. The van der Waals surface area contributed by atoms with Gasteiger partial charge in [0.05, 0.1) is 11.4 Å². The minimum Gasteiger partial charge on any atom is -0.347 e. The molecule has 1 unspecified atom stereocenters. The van der Waals surface area contributed by atoms with Crippen LogP contribution in [0.5, 0.6) is 0 Å². The van der Waals surface area contributed by atoms with Crippen LogP contribution in [-0.2, 0) is 9.59 Å². The molecule has 0 heterocycles. The third kappa shape index (κ3) is 7.02. The van der Waals surface area contributed by atoms with Crippen molar-refractivity contribution in [2.45, 2.75) is 6.04 Å². The predicted molar refractivity (Wildman–Crippen MR) is 137 cm³/mol. The van der Waals surface area contributed by atoms with E-state index < -0.39 is 17.7 Å². The van der Waals surface area contributed by atoms with Gasteiger partial charge in [0.1, 0.15) is 0 Å². The van der Waals surface area contributed by atoms with Crippen LogP contribution in [0.2, 0.25) is 0 Å². The lowest BCUT2D eigenvalue weighted by Crippen LogP contribution is -2.67. The summed E-state index contributed by atoms with van der Waals surface area (Å²) in [4.78, 5) is 50.3. The highest BCUT2D eigenvalue weighted by Gasteiger charge is 2.22. The van der Waals surface area contributed by atoms with Crippen molar-refractivity contribution < 1.29 is 24.9 Å². The Morgan fingerprint density at radius 1 is 0.853 bits per heavy atom. The van der Waals surface area contributed by atoms with E-state index in [-0.39, 0.29) is 34.3 Å². The lowest BCUT2D eigenvalue weighted by molar-refractivity contribution is -0.395. The van der Waals surface area contributed by atoms with Gasteiger partial charge in [-0.1, -0.05) is 60.7 Å². The molecule has 0 radical (unpaired) electrons. The van der Waals surface area contributed by atoms with Gasteiger partial charge in [0.2, 0.25) is 0 Å². The summed E-state index contributed by atoms with van der Waals surface area (Å²) >= 11 is 8.71. The van der Waals surface area contributed by atoms with Crippen LogP contribution in [0.25, 0.3) is 0 Å². The summed E-state index contributed by atoms with van der Waals surface area (Å²) in [5, 5.41) is 5.21. The molecule has 9 heteroatoms. The van der Waals surface area contributed by atoms with E-state index in [1.54, 1.807) is 48.5 Å². The topological polar surface area (TPSA) is 120 Å². The molecule has 0 saturated carbocycles. The molecule has 0 aliphatic heterocycles. The first kappa shape index (κ1) is 26.8. The van der Waals surface area contributed by atoms with Crippen LogP contribution in [0.3, 0.4) is 0 Å². The minimum absolute atomic E-state index is 0.134. The Bertz CT molecular complexity index is 1160. The summed E-state index contributed by atoms with van der Waals surface area (Å²) < 4.78 is 0. The van der Waals surface area contributed by atoms with Gasteiger partial charge < -0.3 is 16.4 Å². The Balaban J connectivity index is 0.00000199. The van der Waals surface area contributed by atoms with Gasteiger partial charge in [0.15, 0.2) is 11.8 Å². The fourth-order valence-electron chi connectivity index (χ4n) is 2.89. The first-order valence-corrected chi connectivity index (χ1v) is 11.6. The molecule has 0 aromatic heterocycles. The summed E-state index contributed by atoms with van der Waals surface area (Å²) in [6.45, 7) is 0. The number of amides is 2. The summed E-state index contributed by atoms with van der Waals surface area (Å²) in [6, 6.07) is 20.5. The molecule has 3 aromatic carbocycles. The Labute approximate surface area is 208 Å². The molecule has 0 bridgehead atoms. The first-order valence-electron chi connectivity index (χ1n) is 10.2. The molecule has 0 saturated heterocycles. The molecular weight excluding hydrogens is 474 g/mol. The van der Waals surface area contributed by atoms with Crippen LogP contribution in [0, 0.1) is 0 Å². The Hall–Kier alpha value is -3.46. The summed E-state index contributed by atoms with van der Waals surface area (Å²) in [6.07, 6.45) is 1.47. The second-order valence-electron chi connectivity index (χ2n) is 6.97. The maximum absolute atomic E-state index is 13.1. The largest absolute Gasteiger partial charge is 0.347 e. The molecule has 3 rings (SSSR count). The van der Waals surface area contributed by atoms with Gasteiger partial charge in [-0.15, -0.1) is 11.6 Å². The highest BCUT2D eigenvalue weighted by molar-refractivity contribution is 7.80. The van der Waals surface area contributed by atoms with Crippen LogP contribution in [-0.4, -0.2) is 41.6 Å². The lowest BCUT2D eigenvalue weighted by Gasteiger charge is -2.14. The number of carbonyl (C=O) groups excluding carboxylic acids is 4. The van der Waals surface area contributed by atoms with Crippen molar-refractivity contribution in [2.75, 3.05) is 22.8 Å². The lowest BCUT2D eigenvalue weighted by atomic mass is 10.0. The number of benzene rings is 3. The fraction of sp³-hybridized carbons (Fsp3) is 0.120. The van der Waals surface area contributed by atoms with E-state index >= 15 is 0 Å². The SMILES string of the molecule is CCl.[NH3+]C(CS)C(=O)Nc1ccc(NC(=O)C(=O)c2ccccc2)c(C(=O)c2ccccc2)c1. The van der Waals surface area contributed by atoms with Crippen molar-refractivity contribution in [3.63, 3.8) is 0 Å². The Kier molecular flexibility index (Phi) is 10.5. The number of thiol groups is 1. The van der Waals surface area contributed by atoms with Gasteiger partial charge in [-0.25, -0.2) is 0 Å². The molecule has 0 fully saturated rings. The molecule has 0 aliphatic carbocycles. The van der Waals surface area contributed by atoms with Crippen molar-refractivity contribution >= 4 is 59.0 Å². The molecule has 7 nitrogen and oxygen atoms in total. The third-order valence-corrected chi connectivity index (χ3v) is 5.09. The zero-order valence-corrected chi connectivity index (χ0v) is 20.1. The van der Waals surface area contributed by atoms with Gasteiger partial charge >= 0.3 is 0 Å². The number of hydrogen-bond acceptors (Lipinski definition) is 5. The van der Waals surface area contributed by atoms with Crippen LogP contribution >= 0.6 is 24.2 Å². The normalized spacial score (nSPS) is 10.8. The molecule has 0 spiro atoms. The van der Waals surface area contributed by atoms with Crippen molar-refractivity contribution in [1.29, 1.82) is 0 Å². The third-order valence-electron chi connectivity index (χ3n) is 4.65. The van der Waals surface area contributed by atoms with E-state index in [2.05, 4.69) is 40.6 Å². The quantitative estimate of drug-likeness (QED) is 0.165. The number of hydrogen-bond donors (Lipinski definition) is 4. The Morgan fingerprint density at radius 2 is 1.41 bits per heavy atom. The van der Waals surface area contributed by atoms with E-state index in [4.69, 9.17) is 0 Å². The molecular formula is C25H25ClN3O4S+. The Morgan fingerprint density at radius 3 is 1.97 bits per heavy atom. The van der Waals surface area contributed by atoms with Crippen LogP contribution in [0.15, 0.2) is 78.9 Å². The van der Waals surface area contributed by atoms with Crippen molar-refractivity contribution in [2.24, 2.45) is 0 Å². The van der Waals surface area contributed by atoms with Gasteiger partial charge in [0, 0.05) is 28.8 Å². The number of halogens is 1.